The van der Waals surface area contributed by atoms with Gasteiger partial charge in [0.2, 0.25) is 0 Å². The molecule has 0 radical (unpaired) electrons. The summed E-state index contributed by atoms with van der Waals surface area (Å²) in [5.74, 6) is 0. The normalized spacial score (nSPS) is 21.8. The summed E-state index contributed by atoms with van der Waals surface area (Å²) in [6, 6.07) is 5.96. The first-order chi connectivity index (χ1) is 9.10. The molecule has 2 heterocycles. The van der Waals surface area contributed by atoms with Crippen LogP contribution in [0.15, 0.2) is 22.7 Å². The van der Waals surface area contributed by atoms with Crippen molar-refractivity contribution in [3.05, 3.63) is 28.2 Å². The van der Waals surface area contributed by atoms with Crippen LogP contribution in [0.5, 0.6) is 0 Å². The van der Waals surface area contributed by atoms with Gasteiger partial charge in [0.1, 0.15) is 5.60 Å². The number of halogens is 1. The van der Waals surface area contributed by atoms with Gasteiger partial charge in [-0.3, -0.25) is 4.90 Å². The van der Waals surface area contributed by atoms with Crippen molar-refractivity contribution in [2.24, 2.45) is 0 Å². The van der Waals surface area contributed by atoms with Crippen LogP contribution in [0.1, 0.15) is 18.4 Å². The van der Waals surface area contributed by atoms with Crippen LogP contribution in [-0.2, 0) is 4.74 Å². The smallest absolute Gasteiger partial charge is 0.415 e. The van der Waals surface area contributed by atoms with Crippen molar-refractivity contribution in [3.8, 4) is 0 Å². The highest BCUT2D eigenvalue weighted by Gasteiger charge is 2.46. The first-order valence-electron chi connectivity index (χ1n) is 6.57. The SMILES string of the molecule is Cc1cc(Br)ccc1N1CC2(CCNCC2)OC1=O. The fourth-order valence-electron chi connectivity index (χ4n) is 2.87. The third-order valence-corrected chi connectivity index (χ3v) is 4.43. The van der Waals surface area contributed by atoms with Gasteiger partial charge in [-0.05, 0) is 43.8 Å². The number of carbonyl (C=O) groups is 1. The lowest BCUT2D eigenvalue weighted by Gasteiger charge is -2.31. The maximum absolute atomic E-state index is 12.2. The highest BCUT2D eigenvalue weighted by Crippen LogP contribution is 2.35. The van der Waals surface area contributed by atoms with E-state index >= 15 is 0 Å². The van der Waals surface area contributed by atoms with Crippen LogP contribution in [0.3, 0.4) is 0 Å². The van der Waals surface area contributed by atoms with Gasteiger partial charge >= 0.3 is 6.09 Å². The Hall–Kier alpha value is -1.07. The van der Waals surface area contributed by atoms with Crippen LogP contribution in [0, 0.1) is 6.92 Å². The number of nitrogens with zero attached hydrogens (tertiary/aromatic N) is 1. The molecule has 0 atom stereocenters. The largest absolute Gasteiger partial charge is 0.441 e. The lowest BCUT2D eigenvalue weighted by atomic mass is 9.92. The monoisotopic (exact) mass is 324 g/mol. The molecule has 0 saturated carbocycles. The molecule has 0 unspecified atom stereocenters. The molecule has 2 saturated heterocycles. The molecule has 19 heavy (non-hydrogen) atoms. The van der Waals surface area contributed by atoms with Gasteiger partial charge in [-0.1, -0.05) is 15.9 Å². The summed E-state index contributed by atoms with van der Waals surface area (Å²) in [5.41, 5.74) is 1.74. The number of hydrogen-bond acceptors (Lipinski definition) is 3. The molecule has 1 spiro atoms. The minimum atomic E-state index is -0.290. The molecule has 0 aromatic heterocycles. The fraction of sp³-hybridized carbons (Fsp3) is 0.500. The average molecular weight is 325 g/mol. The molecule has 1 N–H and O–H groups in total. The van der Waals surface area contributed by atoms with Crippen LogP contribution >= 0.6 is 15.9 Å². The fourth-order valence-corrected chi connectivity index (χ4v) is 3.35. The maximum Gasteiger partial charge on any atom is 0.415 e. The minimum Gasteiger partial charge on any atom is -0.441 e. The number of amides is 1. The predicted molar refractivity (Wildman–Crippen MR) is 77.5 cm³/mol. The number of anilines is 1. The van der Waals surface area contributed by atoms with E-state index in [0.29, 0.717) is 6.54 Å². The number of hydrogen-bond donors (Lipinski definition) is 1. The van der Waals surface area contributed by atoms with Crippen LogP contribution in [-0.4, -0.2) is 31.3 Å². The highest BCUT2D eigenvalue weighted by molar-refractivity contribution is 9.10. The second-order valence-electron chi connectivity index (χ2n) is 5.32. The van der Waals surface area contributed by atoms with Crippen molar-refractivity contribution in [1.29, 1.82) is 0 Å². The Kier molecular flexibility index (Phi) is 3.27. The standard InChI is InChI=1S/C14H17BrN2O2/c1-10-8-11(15)2-3-12(10)17-9-14(19-13(17)18)4-6-16-7-5-14/h2-3,8,16H,4-7,9H2,1H3. The van der Waals surface area contributed by atoms with Gasteiger partial charge in [0.25, 0.3) is 0 Å². The zero-order valence-electron chi connectivity index (χ0n) is 10.9. The van der Waals surface area contributed by atoms with Crippen LogP contribution in [0.25, 0.3) is 0 Å². The number of ether oxygens (including phenoxy) is 1. The lowest BCUT2D eigenvalue weighted by Crippen LogP contribution is -2.44. The first kappa shape index (κ1) is 12.9. The number of piperidine rings is 1. The minimum absolute atomic E-state index is 0.215. The van der Waals surface area contributed by atoms with Gasteiger partial charge < -0.3 is 10.1 Å². The topological polar surface area (TPSA) is 41.6 Å². The summed E-state index contributed by atoms with van der Waals surface area (Å²) in [6.45, 7) is 4.51. The van der Waals surface area contributed by atoms with Crippen molar-refractivity contribution in [1.82, 2.24) is 5.32 Å². The Bertz CT molecular complexity index is 512. The molecule has 2 fully saturated rings. The number of rotatable bonds is 1. The number of nitrogens with one attached hydrogen (secondary N) is 1. The van der Waals surface area contributed by atoms with Gasteiger partial charge in [0.15, 0.2) is 0 Å². The second kappa shape index (κ2) is 4.80. The predicted octanol–water partition coefficient (Wildman–Crippen LogP) is 2.84. The third kappa shape index (κ3) is 2.37. The van der Waals surface area contributed by atoms with Crippen molar-refractivity contribution >= 4 is 27.7 Å². The Labute approximate surface area is 121 Å². The maximum atomic E-state index is 12.2. The quantitative estimate of drug-likeness (QED) is 0.863. The Balaban J connectivity index is 1.87. The Morgan fingerprint density at radius 3 is 2.79 bits per heavy atom. The van der Waals surface area contributed by atoms with Crippen LogP contribution < -0.4 is 10.2 Å². The van der Waals surface area contributed by atoms with E-state index in [-0.39, 0.29) is 11.7 Å². The van der Waals surface area contributed by atoms with Crippen molar-refractivity contribution in [2.45, 2.75) is 25.4 Å². The zero-order chi connectivity index (χ0) is 13.5. The van der Waals surface area contributed by atoms with E-state index in [1.165, 1.54) is 0 Å². The summed E-state index contributed by atoms with van der Waals surface area (Å²) in [7, 11) is 0. The Morgan fingerprint density at radius 1 is 1.37 bits per heavy atom. The molecule has 5 heteroatoms. The molecular weight excluding hydrogens is 308 g/mol. The van der Waals surface area contributed by atoms with Gasteiger partial charge in [0.05, 0.1) is 12.2 Å². The highest BCUT2D eigenvalue weighted by atomic mass is 79.9. The summed E-state index contributed by atoms with van der Waals surface area (Å²) in [6.07, 6.45) is 1.57. The van der Waals surface area contributed by atoms with E-state index < -0.39 is 0 Å². The van der Waals surface area contributed by atoms with Crippen molar-refractivity contribution in [2.75, 3.05) is 24.5 Å². The zero-order valence-corrected chi connectivity index (χ0v) is 12.5. The summed E-state index contributed by atoms with van der Waals surface area (Å²) >= 11 is 3.45. The second-order valence-corrected chi connectivity index (χ2v) is 6.23. The lowest BCUT2D eigenvalue weighted by molar-refractivity contribution is 0.0316. The van der Waals surface area contributed by atoms with Crippen molar-refractivity contribution < 1.29 is 9.53 Å². The molecule has 4 nitrogen and oxygen atoms in total. The van der Waals surface area contributed by atoms with E-state index in [1.807, 2.05) is 25.1 Å². The molecule has 1 aromatic rings. The molecule has 3 rings (SSSR count). The molecule has 2 aliphatic heterocycles. The molecule has 0 bridgehead atoms. The molecular formula is C14H17BrN2O2. The average Bonchev–Trinajstić information content (AvgIpc) is 2.67. The third-order valence-electron chi connectivity index (χ3n) is 3.93. The molecule has 102 valence electrons. The van der Waals surface area contributed by atoms with Crippen molar-refractivity contribution in [3.63, 3.8) is 0 Å². The van der Waals surface area contributed by atoms with E-state index in [0.717, 1.165) is 41.7 Å². The number of carbonyl (C=O) groups excluding carboxylic acids is 1. The van der Waals surface area contributed by atoms with Gasteiger partial charge in [-0.2, -0.15) is 0 Å². The molecule has 1 aromatic carbocycles. The van der Waals surface area contributed by atoms with Gasteiger partial charge in [-0.25, -0.2) is 4.79 Å². The summed E-state index contributed by atoms with van der Waals surface area (Å²) in [4.78, 5) is 13.9. The molecule has 2 aliphatic rings. The van der Waals surface area contributed by atoms with E-state index in [1.54, 1.807) is 4.90 Å². The molecule has 1 amide bonds. The number of benzene rings is 1. The van der Waals surface area contributed by atoms with E-state index in [9.17, 15) is 4.79 Å². The van der Waals surface area contributed by atoms with E-state index in [4.69, 9.17) is 4.74 Å². The number of aryl methyl sites for hydroxylation is 1. The van der Waals surface area contributed by atoms with Crippen LogP contribution in [0.4, 0.5) is 10.5 Å². The van der Waals surface area contributed by atoms with Gasteiger partial charge in [-0.15, -0.1) is 0 Å². The first-order valence-corrected chi connectivity index (χ1v) is 7.36. The summed E-state index contributed by atoms with van der Waals surface area (Å²) < 4.78 is 6.70. The molecule has 0 aliphatic carbocycles. The van der Waals surface area contributed by atoms with Crippen LogP contribution in [0.2, 0.25) is 0 Å². The Morgan fingerprint density at radius 2 is 2.11 bits per heavy atom. The summed E-state index contributed by atoms with van der Waals surface area (Å²) in [5, 5.41) is 3.31. The van der Waals surface area contributed by atoms with E-state index in [2.05, 4.69) is 21.2 Å². The van der Waals surface area contributed by atoms with Gasteiger partial charge in [0, 0.05) is 17.3 Å².